The number of H-pyrrole nitrogens is 1. The van der Waals surface area contributed by atoms with Crippen LogP contribution in [0.15, 0.2) is 77.7 Å². The standard InChI is InChI=1S/C25H24BrN5O2/c1-16-24(32)30(13-11-17-2-6-20(27)7-3-17)25(33-16)22-15-31(21-8-4-19(26)5-9-21)29-23(22)18-10-12-28-14-18/h2-10,12,14-16,25,28H,11,13,27H2,1H3/t16-,25-/m0/s1. The van der Waals surface area contributed by atoms with Crippen molar-refractivity contribution in [2.45, 2.75) is 25.7 Å². The summed E-state index contributed by atoms with van der Waals surface area (Å²) in [6, 6.07) is 17.6. The Balaban J connectivity index is 1.50. The first-order valence-corrected chi connectivity index (χ1v) is 11.6. The predicted octanol–water partition coefficient (Wildman–Crippen LogP) is 4.70. The van der Waals surface area contributed by atoms with Crippen LogP contribution in [0.3, 0.4) is 0 Å². The van der Waals surface area contributed by atoms with Gasteiger partial charge in [0.25, 0.3) is 5.91 Å². The van der Waals surface area contributed by atoms with Crippen molar-refractivity contribution in [3.63, 3.8) is 0 Å². The number of anilines is 1. The average Bonchev–Trinajstić information content (AvgIpc) is 3.54. The van der Waals surface area contributed by atoms with Crippen LogP contribution >= 0.6 is 15.9 Å². The highest BCUT2D eigenvalue weighted by Crippen LogP contribution is 2.37. The van der Waals surface area contributed by atoms with E-state index < -0.39 is 12.3 Å². The van der Waals surface area contributed by atoms with E-state index in [0.29, 0.717) is 13.0 Å². The molecule has 2 aromatic carbocycles. The highest BCUT2D eigenvalue weighted by Gasteiger charge is 2.40. The third kappa shape index (κ3) is 4.31. The van der Waals surface area contributed by atoms with Crippen molar-refractivity contribution >= 4 is 27.5 Å². The van der Waals surface area contributed by atoms with E-state index in [0.717, 1.165) is 38.2 Å². The van der Waals surface area contributed by atoms with Crippen LogP contribution in [-0.4, -0.2) is 38.2 Å². The van der Waals surface area contributed by atoms with E-state index in [1.54, 1.807) is 11.8 Å². The number of carbonyl (C=O) groups excluding carboxylic acids is 1. The van der Waals surface area contributed by atoms with Crippen molar-refractivity contribution in [2.24, 2.45) is 0 Å². The van der Waals surface area contributed by atoms with Gasteiger partial charge in [0.1, 0.15) is 11.8 Å². The molecule has 8 heteroatoms. The molecule has 0 saturated carbocycles. The lowest BCUT2D eigenvalue weighted by Gasteiger charge is -2.23. The van der Waals surface area contributed by atoms with Crippen molar-refractivity contribution in [3.05, 3.63) is 88.8 Å². The molecule has 4 aromatic rings. The minimum Gasteiger partial charge on any atom is -0.399 e. The van der Waals surface area contributed by atoms with Crippen LogP contribution in [0.2, 0.25) is 0 Å². The number of nitrogen functional groups attached to an aromatic ring is 1. The van der Waals surface area contributed by atoms with Crippen LogP contribution in [0.1, 0.15) is 24.3 Å². The normalized spacial score (nSPS) is 18.2. The van der Waals surface area contributed by atoms with Crippen molar-refractivity contribution in [1.29, 1.82) is 0 Å². The van der Waals surface area contributed by atoms with E-state index in [2.05, 4.69) is 20.9 Å². The number of ether oxygens (including phenoxy) is 1. The van der Waals surface area contributed by atoms with Gasteiger partial charge in [-0.25, -0.2) is 4.68 Å². The van der Waals surface area contributed by atoms with Gasteiger partial charge in [0.15, 0.2) is 6.23 Å². The summed E-state index contributed by atoms with van der Waals surface area (Å²) in [4.78, 5) is 17.9. The highest BCUT2D eigenvalue weighted by atomic mass is 79.9. The van der Waals surface area contributed by atoms with Crippen LogP contribution in [0.4, 0.5) is 5.69 Å². The Morgan fingerprint density at radius 2 is 1.88 bits per heavy atom. The molecule has 2 atom stereocenters. The second-order valence-corrected chi connectivity index (χ2v) is 9.02. The number of rotatable bonds is 6. The number of hydrogen-bond acceptors (Lipinski definition) is 4. The van der Waals surface area contributed by atoms with Gasteiger partial charge in [0, 0.05) is 46.4 Å². The Morgan fingerprint density at radius 1 is 1.12 bits per heavy atom. The monoisotopic (exact) mass is 505 g/mol. The molecular formula is C25H24BrN5O2. The second kappa shape index (κ2) is 8.88. The number of nitrogens with two attached hydrogens (primary N) is 1. The number of amides is 1. The molecule has 0 bridgehead atoms. The molecule has 5 rings (SSSR count). The number of aromatic amines is 1. The second-order valence-electron chi connectivity index (χ2n) is 8.11. The van der Waals surface area contributed by atoms with E-state index in [1.807, 2.05) is 77.9 Å². The summed E-state index contributed by atoms with van der Waals surface area (Å²) in [5.41, 5.74) is 11.1. The molecule has 1 aliphatic rings. The van der Waals surface area contributed by atoms with Gasteiger partial charge in [-0.3, -0.25) is 4.79 Å². The number of halogens is 1. The quantitative estimate of drug-likeness (QED) is 0.371. The van der Waals surface area contributed by atoms with E-state index in [-0.39, 0.29) is 5.91 Å². The van der Waals surface area contributed by atoms with Crippen molar-refractivity contribution in [1.82, 2.24) is 19.7 Å². The Kier molecular flexibility index (Phi) is 5.78. The Bertz CT molecular complexity index is 1250. The Morgan fingerprint density at radius 3 is 2.58 bits per heavy atom. The van der Waals surface area contributed by atoms with Crippen LogP contribution in [0.5, 0.6) is 0 Å². The number of benzene rings is 2. The summed E-state index contributed by atoms with van der Waals surface area (Å²) in [6.45, 7) is 2.33. The van der Waals surface area contributed by atoms with Crippen molar-refractivity contribution < 1.29 is 9.53 Å². The third-order valence-corrected chi connectivity index (χ3v) is 6.37. The lowest BCUT2D eigenvalue weighted by molar-refractivity contribution is -0.130. The zero-order valence-electron chi connectivity index (χ0n) is 18.1. The summed E-state index contributed by atoms with van der Waals surface area (Å²) in [7, 11) is 0. The van der Waals surface area contributed by atoms with Gasteiger partial charge in [0.2, 0.25) is 0 Å². The number of nitrogens with zero attached hydrogens (tertiary/aromatic N) is 3. The SMILES string of the molecule is C[C@@H]1O[C@@H](c2cn(-c3ccc(Br)cc3)nc2-c2cc[nH]c2)N(CCc2ccc(N)cc2)C1=O. The van der Waals surface area contributed by atoms with Crippen LogP contribution in [0.25, 0.3) is 16.9 Å². The fourth-order valence-electron chi connectivity index (χ4n) is 4.07. The maximum atomic E-state index is 13.0. The Hall–Kier alpha value is -3.36. The molecule has 0 spiro atoms. The van der Waals surface area contributed by atoms with E-state index in [1.165, 1.54) is 0 Å². The van der Waals surface area contributed by atoms with Gasteiger partial charge in [-0.05, 0) is 61.4 Å². The molecule has 1 saturated heterocycles. The van der Waals surface area contributed by atoms with Gasteiger partial charge >= 0.3 is 0 Å². The first-order valence-electron chi connectivity index (χ1n) is 10.8. The lowest BCUT2D eigenvalue weighted by Crippen LogP contribution is -2.32. The largest absolute Gasteiger partial charge is 0.399 e. The third-order valence-electron chi connectivity index (χ3n) is 5.84. The van der Waals surface area contributed by atoms with E-state index >= 15 is 0 Å². The number of carbonyl (C=O) groups is 1. The summed E-state index contributed by atoms with van der Waals surface area (Å²) >= 11 is 3.48. The fourth-order valence-corrected chi connectivity index (χ4v) is 4.33. The van der Waals surface area contributed by atoms with Crippen molar-refractivity contribution in [2.75, 3.05) is 12.3 Å². The molecule has 2 aromatic heterocycles. The smallest absolute Gasteiger partial charge is 0.253 e. The van der Waals surface area contributed by atoms with Gasteiger partial charge < -0.3 is 20.4 Å². The zero-order chi connectivity index (χ0) is 22.9. The molecule has 0 unspecified atom stereocenters. The molecule has 168 valence electrons. The maximum absolute atomic E-state index is 13.0. The molecule has 3 N–H and O–H groups in total. The van der Waals surface area contributed by atoms with Crippen LogP contribution < -0.4 is 5.73 Å². The molecule has 1 fully saturated rings. The van der Waals surface area contributed by atoms with E-state index in [9.17, 15) is 4.79 Å². The summed E-state index contributed by atoms with van der Waals surface area (Å²) in [5, 5.41) is 4.86. The van der Waals surface area contributed by atoms with Gasteiger partial charge in [0.05, 0.1) is 5.69 Å². The molecule has 1 amide bonds. The number of hydrogen-bond donors (Lipinski definition) is 2. The van der Waals surface area contributed by atoms with Gasteiger partial charge in [-0.1, -0.05) is 28.1 Å². The lowest BCUT2D eigenvalue weighted by atomic mass is 10.1. The summed E-state index contributed by atoms with van der Waals surface area (Å²) in [5.74, 6) is -0.0214. The molecule has 7 nitrogen and oxygen atoms in total. The predicted molar refractivity (Wildman–Crippen MR) is 131 cm³/mol. The fraction of sp³-hybridized carbons (Fsp3) is 0.200. The topological polar surface area (TPSA) is 89.2 Å². The number of nitrogens with one attached hydrogen (secondary N) is 1. The number of aromatic nitrogens is 3. The van der Waals surface area contributed by atoms with Crippen LogP contribution in [-0.2, 0) is 16.0 Å². The first-order chi connectivity index (χ1) is 16.0. The Labute approximate surface area is 200 Å². The zero-order valence-corrected chi connectivity index (χ0v) is 19.7. The van der Waals surface area contributed by atoms with Crippen LogP contribution in [0, 0.1) is 0 Å². The highest BCUT2D eigenvalue weighted by molar-refractivity contribution is 9.10. The molecule has 3 heterocycles. The molecule has 0 radical (unpaired) electrons. The van der Waals surface area contributed by atoms with Gasteiger partial charge in [-0.15, -0.1) is 0 Å². The molecule has 1 aliphatic heterocycles. The van der Waals surface area contributed by atoms with E-state index in [4.69, 9.17) is 15.6 Å². The summed E-state index contributed by atoms with van der Waals surface area (Å²) < 4.78 is 9.00. The first kappa shape index (κ1) is 21.5. The average molecular weight is 506 g/mol. The maximum Gasteiger partial charge on any atom is 0.253 e. The molecule has 33 heavy (non-hydrogen) atoms. The molecular weight excluding hydrogens is 482 g/mol. The molecule has 0 aliphatic carbocycles. The van der Waals surface area contributed by atoms with Crippen molar-refractivity contribution in [3.8, 4) is 16.9 Å². The minimum atomic E-state index is -0.518. The summed E-state index contributed by atoms with van der Waals surface area (Å²) in [6.07, 6.45) is 5.39. The van der Waals surface area contributed by atoms with Gasteiger partial charge in [-0.2, -0.15) is 5.10 Å². The minimum absolute atomic E-state index is 0.0214.